The number of fused-ring (bicyclic) bond motifs is 5. The van der Waals surface area contributed by atoms with Crippen molar-refractivity contribution in [3.8, 4) is 5.88 Å². The van der Waals surface area contributed by atoms with E-state index in [-0.39, 0.29) is 46.3 Å². The van der Waals surface area contributed by atoms with Gasteiger partial charge in [-0.2, -0.15) is 0 Å². The summed E-state index contributed by atoms with van der Waals surface area (Å²) in [5.41, 5.74) is 9.01. The topological polar surface area (TPSA) is 144 Å². The number of nitrogens with zero attached hydrogens (tertiary/aromatic N) is 5. The molecule has 1 aromatic heterocycles. The van der Waals surface area contributed by atoms with Crippen molar-refractivity contribution in [3.63, 3.8) is 0 Å². The first-order valence-electron chi connectivity index (χ1n) is 18.0. The van der Waals surface area contributed by atoms with Crippen LogP contribution in [0.2, 0.25) is 0 Å². The molecule has 0 spiro atoms. The molecule has 6 heterocycles. The number of hydrogen-bond acceptors (Lipinski definition) is 9. The first-order valence-corrected chi connectivity index (χ1v) is 18.0. The Morgan fingerprint density at radius 2 is 1.69 bits per heavy atom. The molecule has 0 radical (unpaired) electrons. The fourth-order valence-electron chi connectivity index (χ4n) is 7.61. The van der Waals surface area contributed by atoms with Gasteiger partial charge in [-0.05, 0) is 86.4 Å². The summed E-state index contributed by atoms with van der Waals surface area (Å²) in [4.78, 5) is 46.9. The van der Waals surface area contributed by atoms with Gasteiger partial charge in [-0.15, -0.1) is 6.26 Å². The standard InChI is InChI=1S/C41H47N5O5.Ni/c1-8-10-11-12-17-46-40(49)36-25(6)32-21-33-26(9-2)22(3)30(42-33)20-34-27(14-13-18-47)23(4)29(43-34)19-31-24(5)28(15-16-35(48)51-7)38(44-31)37(41(46)50)39(36)45-32;/h13-14,18-21,24,28,47,50H,8-12,15-17H2,1-7H3;/q;+2/p-2/b18-13+,27-14+,30-20?,31-19?,32-21?;/t24-,28-;/m0./s1. The molecule has 52 heavy (non-hydrogen) atoms. The van der Waals surface area contributed by atoms with Gasteiger partial charge in [0.1, 0.15) is 0 Å². The number of esters is 1. The van der Waals surface area contributed by atoms with Gasteiger partial charge in [-0.25, -0.2) is 15.0 Å². The van der Waals surface area contributed by atoms with Crippen molar-refractivity contribution in [1.29, 1.82) is 0 Å². The maximum atomic E-state index is 14.6. The molecule has 1 aromatic rings. The van der Waals surface area contributed by atoms with Crippen LogP contribution in [0, 0.1) is 11.8 Å². The van der Waals surface area contributed by atoms with Crippen LogP contribution in [-0.2, 0) is 32.6 Å². The average molecular weight is 747 g/mol. The summed E-state index contributed by atoms with van der Waals surface area (Å²) in [6.45, 7) is 12.4. The molecule has 0 N–H and O–H groups in total. The molecular formula is C41H45N5NiO5. The van der Waals surface area contributed by atoms with E-state index < -0.39 is 5.88 Å². The average Bonchev–Trinajstić information content (AvgIpc) is 3.79. The van der Waals surface area contributed by atoms with Crippen LogP contribution in [0.3, 0.4) is 0 Å². The third kappa shape index (κ3) is 6.83. The van der Waals surface area contributed by atoms with Gasteiger partial charge in [0.15, 0.2) is 0 Å². The number of allylic oxidation sites excluding steroid dienone is 11. The molecule has 10 nitrogen and oxygen atoms in total. The number of unbranched alkanes of at least 4 members (excludes halogenated alkanes) is 3. The Morgan fingerprint density at radius 3 is 2.38 bits per heavy atom. The van der Waals surface area contributed by atoms with Gasteiger partial charge < -0.3 is 19.5 Å². The number of aromatic nitrogens is 1. The number of ether oxygens (including phenoxy) is 1. The van der Waals surface area contributed by atoms with Crippen LogP contribution >= 0.6 is 0 Å². The molecule has 0 saturated heterocycles. The van der Waals surface area contributed by atoms with Crippen LogP contribution in [0.4, 0.5) is 0 Å². The Balaban J connectivity index is 0.00000523. The van der Waals surface area contributed by atoms with Crippen molar-refractivity contribution >= 4 is 28.7 Å². The second kappa shape index (κ2) is 15.9. The molecule has 2 atom stereocenters. The molecule has 8 bridgehead atoms. The maximum absolute atomic E-state index is 14.6. The van der Waals surface area contributed by atoms with E-state index in [9.17, 15) is 19.8 Å². The van der Waals surface area contributed by atoms with Gasteiger partial charge in [-0.1, -0.05) is 52.2 Å². The Morgan fingerprint density at radius 1 is 0.962 bits per heavy atom. The van der Waals surface area contributed by atoms with Crippen molar-refractivity contribution < 1.29 is 36.2 Å². The van der Waals surface area contributed by atoms with Gasteiger partial charge in [0.2, 0.25) is 0 Å². The second-order valence-electron chi connectivity index (χ2n) is 13.7. The van der Waals surface area contributed by atoms with Crippen LogP contribution in [0.15, 0.2) is 106 Å². The number of rotatable bonds is 10. The quantitative estimate of drug-likeness (QED) is 0.148. The first kappa shape index (κ1) is 38.6. The molecule has 11 heteroatoms. The van der Waals surface area contributed by atoms with Crippen LogP contribution in [0.5, 0.6) is 5.88 Å². The Labute approximate surface area is 314 Å². The van der Waals surface area contributed by atoms with E-state index in [1.807, 2.05) is 45.9 Å². The van der Waals surface area contributed by atoms with E-state index in [1.165, 1.54) is 17.8 Å². The SMILES string of the molecule is CCCCCCn1c([O-])c2c3c(c1=O)=C(C)C(=CC1=NC(=CC4=NC(=C(C)/C4=C\C=C\[O-])C=C4N=C2[C@@H](CCC(=O)OC)[C@@H]4C)C(C)=C1CC)N=3.[Ni+2]. The number of carbonyl (C=O) groups is 1. The van der Waals surface area contributed by atoms with Crippen molar-refractivity contribution in [2.45, 2.75) is 93.0 Å². The molecule has 0 aliphatic carbocycles. The molecule has 0 fully saturated rings. The monoisotopic (exact) mass is 745 g/mol. The Bertz CT molecular complexity index is 2220. The van der Waals surface area contributed by atoms with Crippen molar-refractivity contribution in [2.75, 3.05) is 7.11 Å². The van der Waals surface area contributed by atoms with Crippen LogP contribution in [0.25, 0.3) is 5.57 Å². The number of hydrogen-bond donors (Lipinski definition) is 0. The number of pyridine rings is 1. The van der Waals surface area contributed by atoms with Gasteiger partial charge in [0, 0.05) is 41.6 Å². The molecule has 274 valence electrons. The fourth-order valence-corrected chi connectivity index (χ4v) is 7.61. The van der Waals surface area contributed by atoms with Gasteiger partial charge >= 0.3 is 22.5 Å². The van der Waals surface area contributed by atoms with E-state index >= 15 is 0 Å². The molecule has 0 unspecified atom stereocenters. The third-order valence-corrected chi connectivity index (χ3v) is 10.7. The minimum atomic E-state index is -0.413. The zero-order valence-corrected chi connectivity index (χ0v) is 31.9. The summed E-state index contributed by atoms with van der Waals surface area (Å²) >= 11 is 0. The summed E-state index contributed by atoms with van der Waals surface area (Å²) in [5, 5.41) is 26.8. The molecule has 5 aliphatic rings. The predicted octanol–water partition coefficient (Wildman–Crippen LogP) is 4.69. The molecule has 0 saturated carbocycles. The van der Waals surface area contributed by atoms with Crippen LogP contribution < -0.4 is 26.3 Å². The summed E-state index contributed by atoms with van der Waals surface area (Å²) in [6.07, 6.45) is 14.6. The summed E-state index contributed by atoms with van der Waals surface area (Å²) in [7, 11) is 1.36. The number of carbonyl (C=O) groups excluding carboxylic acids is 1. The molecule has 5 aliphatic heterocycles. The minimum absolute atomic E-state index is 0. The van der Waals surface area contributed by atoms with Gasteiger partial charge in [0.25, 0.3) is 5.56 Å². The predicted molar refractivity (Wildman–Crippen MR) is 197 cm³/mol. The minimum Gasteiger partial charge on any atom is -0.878 e. The van der Waals surface area contributed by atoms with E-state index in [4.69, 9.17) is 24.7 Å². The zero-order valence-electron chi connectivity index (χ0n) is 30.9. The normalized spacial score (nSPS) is 21.2. The molecule has 0 aromatic carbocycles. The third-order valence-electron chi connectivity index (χ3n) is 10.7. The summed E-state index contributed by atoms with van der Waals surface area (Å²) in [5.74, 6) is -1.30. The largest absolute Gasteiger partial charge is 2.00 e. The number of aliphatic imine (C=N–C) groups is 3. The Kier molecular flexibility index (Phi) is 11.8. The number of methoxy groups -OCH3 is 1. The van der Waals surface area contributed by atoms with E-state index in [1.54, 1.807) is 6.08 Å². The van der Waals surface area contributed by atoms with E-state index in [0.29, 0.717) is 69.6 Å². The summed E-state index contributed by atoms with van der Waals surface area (Å²) in [6, 6.07) is 0. The second-order valence-corrected chi connectivity index (χ2v) is 13.7. The maximum Gasteiger partial charge on any atom is 2.00 e. The molecule has 6 rings (SSSR count). The van der Waals surface area contributed by atoms with Crippen molar-refractivity contribution in [3.05, 3.63) is 108 Å². The molecule has 0 amide bonds. The smallest absolute Gasteiger partial charge is 0.878 e. The van der Waals surface area contributed by atoms with E-state index in [2.05, 4.69) is 13.8 Å². The zero-order chi connectivity index (χ0) is 36.6. The van der Waals surface area contributed by atoms with E-state index in [0.717, 1.165) is 65.6 Å². The van der Waals surface area contributed by atoms with Crippen molar-refractivity contribution in [2.24, 2.45) is 31.8 Å². The fraction of sp³-hybridized carbons (Fsp3) is 0.415. The van der Waals surface area contributed by atoms with Crippen LogP contribution in [-0.4, -0.2) is 34.8 Å². The van der Waals surface area contributed by atoms with Gasteiger partial charge in [0.05, 0.1) is 51.9 Å². The first-order chi connectivity index (χ1) is 24.5. The summed E-state index contributed by atoms with van der Waals surface area (Å²) < 4.78 is 6.36. The Hall–Kier alpha value is -4.63. The van der Waals surface area contributed by atoms with Crippen LogP contribution in [0.1, 0.15) is 92.1 Å². The molecular weight excluding hydrogens is 701 g/mol. The van der Waals surface area contributed by atoms with Crippen molar-refractivity contribution in [1.82, 2.24) is 4.57 Å². The van der Waals surface area contributed by atoms with Gasteiger partial charge in [-0.3, -0.25) is 14.6 Å².